The van der Waals surface area contributed by atoms with Crippen LogP contribution < -0.4 is 0 Å². The number of nitrogens with zero attached hydrogens (tertiary/aromatic N) is 1. The topological polar surface area (TPSA) is 12.9 Å². The Morgan fingerprint density at radius 1 is 0.306 bits per heavy atom. The van der Waals surface area contributed by atoms with Crippen molar-refractivity contribution in [1.29, 1.82) is 0 Å². The van der Waals surface area contributed by atoms with E-state index in [4.69, 9.17) is 0 Å². The maximum Gasteiger partial charge on any atom is 0.124 e. The number of fused-ring (bicyclic) bond motifs is 9. The van der Waals surface area contributed by atoms with E-state index >= 15 is 0 Å². The van der Waals surface area contributed by atoms with Gasteiger partial charge in [0.05, 0.1) is 0 Å². The fourth-order valence-electron chi connectivity index (χ4n) is 7.55. The Balaban J connectivity index is 0.995. The molecule has 2 heterocycles. The summed E-state index contributed by atoms with van der Waals surface area (Å²) in [4.78, 5) is 5.72. The highest BCUT2D eigenvalue weighted by atomic mass is 32.1. The Kier molecular flexibility index (Phi) is 6.43. The Hall–Kier alpha value is -6.09. The van der Waals surface area contributed by atoms with Gasteiger partial charge < -0.3 is 0 Å². The minimum atomic E-state index is 1.09. The largest absolute Gasteiger partial charge is 0.245 e. The first kappa shape index (κ1) is 28.0. The Morgan fingerprint density at radius 3 is 1.45 bits per heavy atom. The fraction of sp³-hybridized carbons (Fsp3) is 0. The summed E-state index contributed by atoms with van der Waals surface area (Å²) in [6, 6.07) is 62.1. The lowest BCUT2D eigenvalue weighted by Crippen LogP contribution is -1.86. The summed E-state index contributed by atoms with van der Waals surface area (Å²) in [5, 5.41) is 10.3. The number of rotatable bonds is 4. The Bertz CT molecular complexity index is 2840. The highest BCUT2D eigenvalue weighted by Crippen LogP contribution is 2.41. The van der Waals surface area contributed by atoms with Crippen LogP contribution in [-0.2, 0) is 0 Å². The van der Waals surface area contributed by atoms with Crippen molar-refractivity contribution in [2.24, 2.45) is 0 Å². The smallest absolute Gasteiger partial charge is 0.124 e. The van der Waals surface area contributed by atoms with E-state index in [0.29, 0.717) is 0 Å². The summed E-state index contributed by atoms with van der Waals surface area (Å²) in [7, 11) is 0. The summed E-state index contributed by atoms with van der Waals surface area (Å²) in [6.07, 6.45) is 1.88. The zero-order valence-electron chi connectivity index (χ0n) is 26.6. The third-order valence-corrected chi connectivity index (χ3v) is 11.1. The molecule has 1 nitrogen and oxygen atoms in total. The standard InChI is InChI=1S/C47H29NS/c1-2-15-40-38(13-1)39-14-3-4-16-41(39)45-29-35(24-25-42(40)45)31-22-20-30(21-23-31)32-9-5-10-33(27-32)34-11-6-12-36(28-34)37-17-7-18-43-44-19-8-26-48-47(44)49-46(37)43/h1-29H. The summed E-state index contributed by atoms with van der Waals surface area (Å²) in [5.41, 5.74) is 9.77. The van der Waals surface area contributed by atoms with Crippen LogP contribution in [0, 0.1) is 0 Å². The van der Waals surface area contributed by atoms with Gasteiger partial charge >= 0.3 is 0 Å². The molecule has 0 aliphatic carbocycles. The fourth-order valence-corrected chi connectivity index (χ4v) is 8.73. The molecule has 0 aliphatic rings. The first-order valence-corrected chi connectivity index (χ1v) is 17.5. The molecule has 228 valence electrons. The normalized spacial score (nSPS) is 11.7. The van der Waals surface area contributed by atoms with Gasteiger partial charge in [-0.05, 0) is 107 Å². The second kappa shape index (κ2) is 11.3. The molecule has 10 aromatic rings. The Labute approximate surface area is 288 Å². The summed E-state index contributed by atoms with van der Waals surface area (Å²) >= 11 is 1.77. The predicted octanol–water partition coefficient (Wildman–Crippen LogP) is 13.6. The summed E-state index contributed by atoms with van der Waals surface area (Å²) < 4.78 is 1.29. The average molecular weight is 640 g/mol. The minimum Gasteiger partial charge on any atom is -0.245 e. The van der Waals surface area contributed by atoms with Gasteiger partial charge in [0.2, 0.25) is 0 Å². The molecule has 0 bridgehead atoms. The number of aromatic nitrogens is 1. The highest BCUT2D eigenvalue weighted by Gasteiger charge is 2.13. The SMILES string of the molecule is c1cc(-c2ccc(-c3ccc4c5ccccc5c5ccccc5c4c3)cc2)cc(-c2cccc(-c3cccc4c3sc3ncccc34)c2)c1. The van der Waals surface area contributed by atoms with Gasteiger partial charge in [-0.1, -0.05) is 140 Å². The number of pyridine rings is 1. The van der Waals surface area contributed by atoms with Crippen molar-refractivity contribution < 1.29 is 0 Å². The molecule has 0 atom stereocenters. The maximum atomic E-state index is 4.63. The van der Waals surface area contributed by atoms with E-state index in [2.05, 4.69) is 169 Å². The van der Waals surface area contributed by atoms with Crippen LogP contribution in [0.25, 0.3) is 97.1 Å². The second-order valence-corrected chi connectivity index (χ2v) is 13.7. The van der Waals surface area contributed by atoms with E-state index in [-0.39, 0.29) is 0 Å². The third-order valence-electron chi connectivity index (χ3n) is 9.94. The van der Waals surface area contributed by atoms with Gasteiger partial charge in [0.15, 0.2) is 0 Å². The first-order valence-electron chi connectivity index (χ1n) is 16.7. The van der Waals surface area contributed by atoms with Crippen molar-refractivity contribution in [1.82, 2.24) is 4.98 Å². The first-order chi connectivity index (χ1) is 24.3. The number of benzene rings is 8. The van der Waals surface area contributed by atoms with Crippen molar-refractivity contribution in [2.45, 2.75) is 0 Å². The zero-order valence-corrected chi connectivity index (χ0v) is 27.4. The molecule has 49 heavy (non-hydrogen) atoms. The van der Waals surface area contributed by atoms with Crippen molar-refractivity contribution in [3.63, 3.8) is 0 Å². The Morgan fingerprint density at radius 2 is 0.776 bits per heavy atom. The van der Waals surface area contributed by atoms with Gasteiger partial charge in [-0.25, -0.2) is 4.98 Å². The third kappa shape index (κ3) is 4.64. The van der Waals surface area contributed by atoms with Crippen LogP contribution in [0.15, 0.2) is 176 Å². The molecule has 2 heteroatoms. The molecule has 0 saturated heterocycles. The minimum absolute atomic E-state index is 1.09. The van der Waals surface area contributed by atoms with Crippen LogP contribution in [0.3, 0.4) is 0 Å². The van der Waals surface area contributed by atoms with Crippen LogP contribution in [0.4, 0.5) is 0 Å². The lowest BCUT2D eigenvalue weighted by molar-refractivity contribution is 1.45. The molecule has 0 fully saturated rings. The van der Waals surface area contributed by atoms with Gasteiger partial charge in [-0.3, -0.25) is 0 Å². The molecule has 8 aromatic carbocycles. The molecule has 0 N–H and O–H groups in total. The molecule has 0 amide bonds. The summed E-state index contributed by atoms with van der Waals surface area (Å²) in [6.45, 7) is 0. The zero-order chi connectivity index (χ0) is 32.3. The van der Waals surface area contributed by atoms with Gasteiger partial charge in [-0.2, -0.15) is 0 Å². The van der Waals surface area contributed by atoms with Crippen molar-refractivity contribution in [3.8, 4) is 44.5 Å². The van der Waals surface area contributed by atoms with Crippen molar-refractivity contribution in [2.75, 3.05) is 0 Å². The van der Waals surface area contributed by atoms with E-state index in [0.717, 1.165) is 4.83 Å². The van der Waals surface area contributed by atoms with Crippen molar-refractivity contribution in [3.05, 3.63) is 176 Å². The monoisotopic (exact) mass is 639 g/mol. The number of hydrogen-bond acceptors (Lipinski definition) is 2. The maximum absolute atomic E-state index is 4.63. The lowest BCUT2D eigenvalue weighted by Gasteiger charge is -2.12. The quantitative estimate of drug-likeness (QED) is 0.175. The van der Waals surface area contributed by atoms with Crippen LogP contribution in [-0.4, -0.2) is 4.98 Å². The van der Waals surface area contributed by atoms with Gasteiger partial charge in [0.25, 0.3) is 0 Å². The lowest BCUT2D eigenvalue weighted by atomic mass is 9.91. The van der Waals surface area contributed by atoms with Gasteiger partial charge in [0.1, 0.15) is 4.83 Å². The molecule has 0 radical (unpaired) electrons. The van der Waals surface area contributed by atoms with Gasteiger partial charge in [0, 0.05) is 21.7 Å². The van der Waals surface area contributed by atoms with E-state index in [9.17, 15) is 0 Å². The van der Waals surface area contributed by atoms with E-state index in [1.165, 1.54) is 92.3 Å². The molecule has 0 saturated carbocycles. The highest BCUT2D eigenvalue weighted by molar-refractivity contribution is 7.26. The van der Waals surface area contributed by atoms with Crippen LogP contribution in [0.5, 0.6) is 0 Å². The van der Waals surface area contributed by atoms with Crippen LogP contribution >= 0.6 is 11.3 Å². The van der Waals surface area contributed by atoms with E-state index in [1.54, 1.807) is 11.3 Å². The van der Waals surface area contributed by atoms with Crippen LogP contribution in [0.1, 0.15) is 0 Å². The summed E-state index contributed by atoms with van der Waals surface area (Å²) in [5.74, 6) is 0. The molecule has 0 spiro atoms. The number of thiophene rings is 1. The van der Waals surface area contributed by atoms with Gasteiger partial charge in [-0.15, -0.1) is 11.3 Å². The molecule has 0 aliphatic heterocycles. The molecular formula is C47H29NS. The molecule has 2 aromatic heterocycles. The van der Waals surface area contributed by atoms with E-state index in [1.807, 2.05) is 12.3 Å². The second-order valence-electron chi connectivity index (χ2n) is 12.7. The van der Waals surface area contributed by atoms with Crippen molar-refractivity contribution >= 4 is 64.0 Å². The molecular weight excluding hydrogens is 611 g/mol. The van der Waals surface area contributed by atoms with Crippen LogP contribution in [0.2, 0.25) is 0 Å². The average Bonchev–Trinajstić information content (AvgIpc) is 3.57. The molecule has 10 rings (SSSR count). The van der Waals surface area contributed by atoms with E-state index < -0.39 is 0 Å². The predicted molar refractivity (Wildman–Crippen MR) is 211 cm³/mol. The number of hydrogen-bond donors (Lipinski definition) is 0. The molecule has 0 unspecified atom stereocenters.